The maximum atomic E-state index is 12.2. The molecule has 0 bridgehead atoms. The normalized spacial score (nSPS) is 20.2. The minimum Gasteiger partial charge on any atom is -0.427 e. The van der Waals surface area contributed by atoms with Gasteiger partial charge in [-0.25, -0.2) is 8.42 Å². The topological polar surface area (TPSA) is 86.7 Å². The van der Waals surface area contributed by atoms with E-state index in [0.717, 1.165) is 0 Å². The van der Waals surface area contributed by atoms with E-state index in [0.29, 0.717) is 21.5 Å². The number of hydrogen-bond acceptors (Lipinski definition) is 6. The molecule has 1 aliphatic heterocycles. The van der Waals surface area contributed by atoms with Crippen LogP contribution in [0.15, 0.2) is 48.5 Å². The Labute approximate surface area is 178 Å². The van der Waals surface area contributed by atoms with Crippen LogP contribution in [0.4, 0.5) is 0 Å². The number of benzene rings is 2. The zero-order chi connectivity index (χ0) is 21.0. The molecule has 2 aromatic rings. The van der Waals surface area contributed by atoms with E-state index in [-0.39, 0.29) is 24.3 Å². The zero-order valence-corrected chi connectivity index (χ0v) is 17.5. The van der Waals surface area contributed by atoms with Crippen molar-refractivity contribution in [2.75, 3.05) is 11.5 Å². The summed E-state index contributed by atoms with van der Waals surface area (Å²) in [4.78, 5) is 24.5. The fraction of sp³-hybridized carbons (Fsp3) is 0.300. The highest BCUT2D eigenvalue weighted by molar-refractivity contribution is 7.91. The summed E-state index contributed by atoms with van der Waals surface area (Å²) in [5, 5.41) is 1.01. The van der Waals surface area contributed by atoms with Crippen LogP contribution < -0.4 is 9.47 Å². The minimum absolute atomic E-state index is 0.110. The van der Waals surface area contributed by atoms with Gasteiger partial charge in [0.25, 0.3) is 0 Å². The van der Waals surface area contributed by atoms with E-state index < -0.39 is 33.6 Å². The standard InChI is InChI=1S/C20H18Cl2O6S/c21-15-1-5-17(6-2-15)27-19(23)9-13-11-29(25,26)12-14(13)10-20(24)28-18-7-3-16(22)4-8-18/h1-8,13-14H,9-12H2/t13-,14-/m1/s1. The molecule has 154 valence electrons. The fourth-order valence-corrected chi connectivity index (χ4v) is 5.70. The Kier molecular flexibility index (Phi) is 6.82. The molecule has 0 aliphatic carbocycles. The summed E-state index contributed by atoms with van der Waals surface area (Å²) in [6.45, 7) is 0. The summed E-state index contributed by atoms with van der Waals surface area (Å²) < 4.78 is 34.6. The summed E-state index contributed by atoms with van der Waals surface area (Å²) in [6.07, 6.45) is -0.221. The summed E-state index contributed by atoms with van der Waals surface area (Å²) in [6, 6.07) is 12.5. The van der Waals surface area contributed by atoms with Crippen LogP contribution in [0.3, 0.4) is 0 Å². The molecular formula is C20H18Cl2O6S. The summed E-state index contributed by atoms with van der Waals surface area (Å²) in [5.41, 5.74) is 0. The van der Waals surface area contributed by atoms with E-state index >= 15 is 0 Å². The lowest BCUT2D eigenvalue weighted by atomic mass is 9.90. The lowest BCUT2D eigenvalue weighted by Gasteiger charge is -2.16. The molecule has 0 unspecified atom stereocenters. The second-order valence-electron chi connectivity index (χ2n) is 6.86. The Hall–Kier alpha value is -2.09. The second-order valence-corrected chi connectivity index (χ2v) is 9.89. The second kappa shape index (κ2) is 9.15. The van der Waals surface area contributed by atoms with E-state index in [1.54, 1.807) is 48.5 Å². The van der Waals surface area contributed by atoms with Crippen molar-refractivity contribution in [2.24, 2.45) is 11.8 Å². The van der Waals surface area contributed by atoms with Gasteiger partial charge in [0, 0.05) is 10.0 Å². The zero-order valence-electron chi connectivity index (χ0n) is 15.2. The molecule has 1 fully saturated rings. The molecule has 0 radical (unpaired) electrons. The van der Waals surface area contributed by atoms with E-state index in [1.807, 2.05) is 0 Å². The molecule has 1 heterocycles. The van der Waals surface area contributed by atoms with Gasteiger partial charge in [-0.3, -0.25) is 9.59 Å². The molecule has 0 spiro atoms. The van der Waals surface area contributed by atoms with Crippen molar-refractivity contribution < 1.29 is 27.5 Å². The molecule has 6 nitrogen and oxygen atoms in total. The number of sulfone groups is 1. The van der Waals surface area contributed by atoms with Crippen LogP contribution in [0.1, 0.15) is 12.8 Å². The molecule has 1 saturated heterocycles. The molecule has 2 atom stereocenters. The third-order valence-corrected chi connectivity index (χ3v) is 6.93. The van der Waals surface area contributed by atoms with E-state index in [2.05, 4.69) is 0 Å². The van der Waals surface area contributed by atoms with E-state index in [4.69, 9.17) is 32.7 Å². The molecule has 0 amide bonds. The third kappa shape index (κ3) is 6.45. The molecule has 29 heavy (non-hydrogen) atoms. The lowest BCUT2D eigenvalue weighted by molar-refractivity contribution is -0.138. The van der Waals surface area contributed by atoms with Crippen LogP contribution in [0.5, 0.6) is 11.5 Å². The number of hydrogen-bond donors (Lipinski definition) is 0. The predicted molar refractivity (Wildman–Crippen MR) is 109 cm³/mol. The number of carbonyl (C=O) groups is 2. The average Bonchev–Trinajstić information content (AvgIpc) is 2.91. The molecule has 9 heteroatoms. The number of rotatable bonds is 6. The highest BCUT2D eigenvalue weighted by atomic mass is 35.5. The van der Waals surface area contributed by atoms with Crippen molar-refractivity contribution in [2.45, 2.75) is 12.8 Å². The molecular weight excluding hydrogens is 439 g/mol. The van der Waals surface area contributed by atoms with Gasteiger partial charge in [0.1, 0.15) is 11.5 Å². The van der Waals surface area contributed by atoms with E-state index in [1.165, 1.54) is 0 Å². The molecule has 0 aromatic heterocycles. The van der Waals surface area contributed by atoms with Crippen molar-refractivity contribution in [3.8, 4) is 11.5 Å². The number of halogens is 2. The molecule has 1 aliphatic rings. The van der Waals surface area contributed by atoms with Gasteiger partial charge in [-0.15, -0.1) is 0 Å². The van der Waals surface area contributed by atoms with Gasteiger partial charge in [0.15, 0.2) is 9.84 Å². The Bertz CT molecular complexity index is 911. The average molecular weight is 457 g/mol. The van der Waals surface area contributed by atoms with Gasteiger partial charge < -0.3 is 9.47 Å². The van der Waals surface area contributed by atoms with Crippen LogP contribution in [-0.4, -0.2) is 31.9 Å². The van der Waals surface area contributed by atoms with Crippen LogP contribution in [-0.2, 0) is 19.4 Å². The van der Waals surface area contributed by atoms with Gasteiger partial charge in [-0.05, 0) is 60.4 Å². The van der Waals surface area contributed by atoms with Crippen LogP contribution in [0.25, 0.3) is 0 Å². The maximum absolute atomic E-state index is 12.2. The molecule has 0 N–H and O–H groups in total. The first-order chi connectivity index (χ1) is 13.7. The summed E-state index contributed by atoms with van der Waals surface area (Å²) in [7, 11) is -3.34. The van der Waals surface area contributed by atoms with Gasteiger partial charge in [0.2, 0.25) is 0 Å². The van der Waals surface area contributed by atoms with Gasteiger partial charge in [0.05, 0.1) is 24.3 Å². The number of carbonyl (C=O) groups excluding carboxylic acids is 2. The van der Waals surface area contributed by atoms with Crippen LogP contribution in [0.2, 0.25) is 10.0 Å². The van der Waals surface area contributed by atoms with Crippen molar-refractivity contribution in [3.05, 3.63) is 58.6 Å². The van der Waals surface area contributed by atoms with Crippen LogP contribution >= 0.6 is 23.2 Å². The monoisotopic (exact) mass is 456 g/mol. The quantitative estimate of drug-likeness (QED) is 0.483. The summed E-state index contributed by atoms with van der Waals surface area (Å²) in [5.74, 6) is -1.85. The lowest BCUT2D eigenvalue weighted by Crippen LogP contribution is -2.23. The SMILES string of the molecule is O=C(C[C@@H]1CS(=O)(=O)C[C@H]1CC(=O)Oc1ccc(Cl)cc1)Oc1ccc(Cl)cc1. The largest absolute Gasteiger partial charge is 0.427 e. The first-order valence-electron chi connectivity index (χ1n) is 8.83. The highest BCUT2D eigenvalue weighted by Crippen LogP contribution is 2.32. The Morgan fingerprint density at radius 2 is 1.10 bits per heavy atom. The Morgan fingerprint density at radius 1 is 0.759 bits per heavy atom. The molecule has 2 aromatic carbocycles. The first kappa shape index (κ1) is 21.6. The Morgan fingerprint density at radius 3 is 1.45 bits per heavy atom. The molecule has 3 rings (SSSR count). The predicted octanol–water partition coefficient (Wildman–Crippen LogP) is 3.95. The Balaban J connectivity index is 1.60. The van der Waals surface area contributed by atoms with E-state index in [9.17, 15) is 18.0 Å². The molecule has 0 saturated carbocycles. The van der Waals surface area contributed by atoms with Crippen LogP contribution in [0, 0.1) is 11.8 Å². The van der Waals surface area contributed by atoms with Gasteiger partial charge >= 0.3 is 11.9 Å². The van der Waals surface area contributed by atoms with Gasteiger partial charge in [-0.1, -0.05) is 23.2 Å². The van der Waals surface area contributed by atoms with Crippen molar-refractivity contribution >= 4 is 45.0 Å². The van der Waals surface area contributed by atoms with Crippen molar-refractivity contribution in [1.82, 2.24) is 0 Å². The third-order valence-electron chi connectivity index (χ3n) is 4.55. The number of ether oxygens (including phenoxy) is 2. The highest BCUT2D eigenvalue weighted by Gasteiger charge is 2.40. The van der Waals surface area contributed by atoms with Crippen molar-refractivity contribution in [1.29, 1.82) is 0 Å². The fourth-order valence-electron chi connectivity index (χ4n) is 3.22. The maximum Gasteiger partial charge on any atom is 0.311 e. The first-order valence-corrected chi connectivity index (χ1v) is 11.4. The smallest absolute Gasteiger partial charge is 0.311 e. The number of esters is 2. The summed E-state index contributed by atoms with van der Waals surface area (Å²) >= 11 is 11.6. The van der Waals surface area contributed by atoms with Gasteiger partial charge in [-0.2, -0.15) is 0 Å². The minimum atomic E-state index is -3.34. The van der Waals surface area contributed by atoms with Crippen molar-refractivity contribution in [3.63, 3.8) is 0 Å².